The van der Waals surface area contributed by atoms with Crippen molar-refractivity contribution >= 4 is 17.7 Å². The van der Waals surface area contributed by atoms with E-state index in [4.69, 9.17) is 10.00 Å². The topological polar surface area (TPSA) is 50.1 Å². The molecule has 1 aromatic rings. The summed E-state index contributed by atoms with van der Waals surface area (Å²) in [5, 5.41) is 8.61. The standard InChI is InChI=1S/C15H19NO2S/c1-3-9-18-15(17)14(4-2)19-11-13-7-5-12(10-16)6-8-13/h5-8,14H,3-4,9,11H2,1-2H3. The molecule has 0 aliphatic carbocycles. The van der Waals surface area contributed by atoms with Crippen LogP contribution in [-0.4, -0.2) is 17.8 Å². The van der Waals surface area contributed by atoms with Gasteiger partial charge in [0.2, 0.25) is 0 Å². The third-order valence-electron chi connectivity index (χ3n) is 2.62. The second-order valence-corrected chi connectivity index (χ2v) is 5.38. The highest BCUT2D eigenvalue weighted by molar-refractivity contribution is 7.99. The van der Waals surface area contributed by atoms with Crippen molar-refractivity contribution in [2.75, 3.05) is 6.61 Å². The van der Waals surface area contributed by atoms with Crippen molar-refractivity contribution in [1.29, 1.82) is 5.26 Å². The van der Waals surface area contributed by atoms with Gasteiger partial charge < -0.3 is 4.74 Å². The van der Waals surface area contributed by atoms with Crippen molar-refractivity contribution in [3.8, 4) is 6.07 Å². The van der Waals surface area contributed by atoms with Crippen LogP contribution < -0.4 is 0 Å². The number of thioether (sulfide) groups is 1. The summed E-state index contributed by atoms with van der Waals surface area (Å²) < 4.78 is 5.17. The van der Waals surface area contributed by atoms with Crippen molar-refractivity contribution in [1.82, 2.24) is 0 Å². The summed E-state index contributed by atoms with van der Waals surface area (Å²) in [6.07, 6.45) is 1.62. The number of nitrogens with zero attached hydrogens (tertiary/aromatic N) is 1. The van der Waals surface area contributed by atoms with E-state index in [1.54, 1.807) is 23.9 Å². The van der Waals surface area contributed by atoms with E-state index in [0.29, 0.717) is 12.2 Å². The molecule has 0 aliphatic rings. The van der Waals surface area contributed by atoms with Gasteiger partial charge in [-0.3, -0.25) is 4.79 Å². The molecule has 0 saturated carbocycles. The van der Waals surface area contributed by atoms with Gasteiger partial charge in [0.15, 0.2) is 0 Å². The SMILES string of the molecule is CCCOC(=O)C(CC)SCc1ccc(C#N)cc1. The van der Waals surface area contributed by atoms with Gasteiger partial charge in [0.25, 0.3) is 0 Å². The van der Waals surface area contributed by atoms with Gasteiger partial charge in [-0.05, 0) is 30.5 Å². The molecule has 0 heterocycles. The van der Waals surface area contributed by atoms with Crippen molar-refractivity contribution < 1.29 is 9.53 Å². The highest BCUT2D eigenvalue weighted by Gasteiger charge is 2.18. The Morgan fingerprint density at radius 1 is 1.37 bits per heavy atom. The van der Waals surface area contributed by atoms with Crippen molar-refractivity contribution in [2.45, 2.75) is 37.7 Å². The van der Waals surface area contributed by atoms with E-state index in [9.17, 15) is 4.79 Å². The van der Waals surface area contributed by atoms with Gasteiger partial charge in [0.05, 0.1) is 18.2 Å². The Hall–Kier alpha value is -1.47. The Labute approximate surface area is 119 Å². The van der Waals surface area contributed by atoms with Gasteiger partial charge in [0, 0.05) is 5.75 Å². The van der Waals surface area contributed by atoms with E-state index in [0.717, 1.165) is 24.2 Å². The highest BCUT2D eigenvalue weighted by atomic mass is 32.2. The van der Waals surface area contributed by atoms with E-state index in [-0.39, 0.29) is 11.2 Å². The quantitative estimate of drug-likeness (QED) is 0.715. The molecule has 0 amide bonds. The maximum Gasteiger partial charge on any atom is 0.319 e. The summed E-state index contributed by atoms with van der Waals surface area (Å²) in [4.78, 5) is 11.8. The number of carbonyl (C=O) groups excluding carboxylic acids is 1. The zero-order valence-corrected chi connectivity index (χ0v) is 12.2. The van der Waals surface area contributed by atoms with E-state index in [1.165, 1.54) is 0 Å². The van der Waals surface area contributed by atoms with E-state index >= 15 is 0 Å². The Kier molecular flexibility index (Phi) is 7.06. The lowest BCUT2D eigenvalue weighted by molar-refractivity contribution is -0.143. The first-order chi connectivity index (χ1) is 9.21. The van der Waals surface area contributed by atoms with Crippen LogP contribution in [0.5, 0.6) is 0 Å². The number of hydrogen-bond donors (Lipinski definition) is 0. The fourth-order valence-corrected chi connectivity index (χ4v) is 2.55. The zero-order valence-electron chi connectivity index (χ0n) is 11.4. The maximum absolute atomic E-state index is 11.8. The van der Waals surface area contributed by atoms with Crippen LogP contribution in [0.4, 0.5) is 0 Å². The number of rotatable bonds is 7. The average molecular weight is 277 g/mol. The molecule has 0 spiro atoms. The lowest BCUT2D eigenvalue weighted by Gasteiger charge is -2.13. The number of ether oxygens (including phenoxy) is 1. The molecule has 1 atom stereocenters. The predicted octanol–water partition coefficient (Wildman–Crippen LogP) is 3.52. The Bertz CT molecular complexity index is 436. The molecule has 1 unspecified atom stereocenters. The minimum atomic E-state index is -0.122. The molecule has 0 aliphatic heterocycles. The number of carbonyl (C=O) groups is 1. The molecule has 1 rings (SSSR count). The molecule has 0 fully saturated rings. The zero-order chi connectivity index (χ0) is 14.1. The Morgan fingerprint density at radius 3 is 2.58 bits per heavy atom. The third-order valence-corrected chi connectivity index (χ3v) is 4.04. The van der Waals surface area contributed by atoms with Gasteiger partial charge in [-0.1, -0.05) is 26.0 Å². The van der Waals surface area contributed by atoms with Gasteiger partial charge in [-0.15, -0.1) is 11.8 Å². The number of benzene rings is 1. The fraction of sp³-hybridized carbons (Fsp3) is 0.467. The highest BCUT2D eigenvalue weighted by Crippen LogP contribution is 2.21. The van der Waals surface area contributed by atoms with Crippen LogP contribution in [0, 0.1) is 11.3 Å². The first-order valence-corrected chi connectivity index (χ1v) is 7.53. The summed E-state index contributed by atoms with van der Waals surface area (Å²) in [7, 11) is 0. The van der Waals surface area contributed by atoms with Gasteiger partial charge in [-0.2, -0.15) is 5.26 Å². The summed E-state index contributed by atoms with van der Waals surface area (Å²) in [6, 6.07) is 9.54. The molecule has 3 nitrogen and oxygen atoms in total. The summed E-state index contributed by atoms with van der Waals surface area (Å²) >= 11 is 1.59. The molecule has 0 bridgehead atoms. The second-order valence-electron chi connectivity index (χ2n) is 4.18. The normalized spacial score (nSPS) is 11.6. The van der Waals surface area contributed by atoms with Crippen molar-refractivity contribution in [2.24, 2.45) is 0 Å². The van der Waals surface area contributed by atoms with Crippen LogP contribution >= 0.6 is 11.8 Å². The molecular weight excluding hydrogens is 258 g/mol. The Morgan fingerprint density at radius 2 is 2.05 bits per heavy atom. The molecule has 0 radical (unpaired) electrons. The largest absolute Gasteiger partial charge is 0.465 e. The van der Waals surface area contributed by atoms with E-state index in [2.05, 4.69) is 6.07 Å². The van der Waals surface area contributed by atoms with Gasteiger partial charge in [-0.25, -0.2) is 0 Å². The third kappa shape index (κ3) is 5.35. The van der Waals surface area contributed by atoms with Crippen LogP contribution in [-0.2, 0) is 15.3 Å². The fourth-order valence-electron chi connectivity index (χ4n) is 1.52. The van der Waals surface area contributed by atoms with Crippen LogP contribution in [0.3, 0.4) is 0 Å². The van der Waals surface area contributed by atoms with Crippen LogP contribution in [0.15, 0.2) is 24.3 Å². The second kappa shape index (κ2) is 8.60. The van der Waals surface area contributed by atoms with Gasteiger partial charge in [0.1, 0.15) is 5.25 Å². The molecule has 4 heteroatoms. The molecule has 0 N–H and O–H groups in total. The molecule has 0 aromatic heterocycles. The summed E-state index contributed by atoms with van der Waals surface area (Å²) in [6.45, 7) is 4.47. The first-order valence-electron chi connectivity index (χ1n) is 6.48. The summed E-state index contributed by atoms with van der Waals surface area (Å²) in [5.41, 5.74) is 1.77. The summed E-state index contributed by atoms with van der Waals surface area (Å²) in [5.74, 6) is 0.633. The lowest BCUT2D eigenvalue weighted by atomic mass is 10.2. The molecular formula is C15H19NO2S. The molecule has 0 saturated heterocycles. The first kappa shape index (κ1) is 15.6. The minimum Gasteiger partial charge on any atom is -0.465 e. The minimum absolute atomic E-state index is 0.109. The monoisotopic (exact) mass is 277 g/mol. The van der Waals surface area contributed by atoms with Crippen molar-refractivity contribution in [3.05, 3.63) is 35.4 Å². The van der Waals surface area contributed by atoms with Crippen molar-refractivity contribution in [3.63, 3.8) is 0 Å². The van der Waals surface area contributed by atoms with Crippen LogP contribution in [0.25, 0.3) is 0 Å². The van der Waals surface area contributed by atoms with Crippen LogP contribution in [0.2, 0.25) is 0 Å². The molecule has 1 aromatic carbocycles. The maximum atomic E-state index is 11.8. The lowest BCUT2D eigenvalue weighted by Crippen LogP contribution is -2.20. The number of nitriles is 1. The Balaban J connectivity index is 2.48. The van der Waals surface area contributed by atoms with E-state index < -0.39 is 0 Å². The van der Waals surface area contributed by atoms with Crippen LogP contribution in [0.1, 0.15) is 37.8 Å². The van der Waals surface area contributed by atoms with Gasteiger partial charge >= 0.3 is 5.97 Å². The average Bonchev–Trinajstić information content (AvgIpc) is 2.46. The molecule has 19 heavy (non-hydrogen) atoms. The molecule has 102 valence electrons. The predicted molar refractivity (Wildman–Crippen MR) is 77.8 cm³/mol. The number of esters is 1. The number of hydrogen-bond acceptors (Lipinski definition) is 4. The van der Waals surface area contributed by atoms with E-state index in [1.807, 2.05) is 26.0 Å². The smallest absolute Gasteiger partial charge is 0.319 e.